The van der Waals surface area contributed by atoms with Crippen LogP contribution in [0.2, 0.25) is 0 Å². The van der Waals surface area contributed by atoms with E-state index in [9.17, 15) is 9.59 Å². The van der Waals surface area contributed by atoms with Crippen LogP contribution in [0.4, 0.5) is 0 Å². The molecule has 4 N–H and O–H groups in total. The molecule has 96 valence electrons. The largest absolute Gasteiger partial charge is 0.366 e. The minimum absolute atomic E-state index is 0.123. The predicted octanol–water partition coefficient (Wildman–Crippen LogP) is 0.0112. The van der Waals surface area contributed by atoms with E-state index in [0.29, 0.717) is 24.4 Å². The van der Waals surface area contributed by atoms with Crippen LogP contribution in [0, 0.1) is 5.92 Å². The molecule has 1 unspecified atom stereocenters. The van der Waals surface area contributed by atoms with Crippen molar-refractivity contribution in [3.05, 3.63) is 35.4 Å². The van der Waals surface area contributed by atoms with Gasteiger partial charge in [0.2, 0.25) is 11.8 Å². The van der Waals surface area contributed by atoms with Gasteiger partial charge in [-0.1, -0.05) is 12.1 Å². The molecule has 0 saturated carbocycles. The van der Waals surface area contributed by atoms with Crippen molar-refractivity contribution in [3.63, 3.8) is 0 Å². The molecule has 1 atom stereocenters. The first kappa shape index (κ1) is 12.6. The quantitative estimate of drug-likeness (QED) is 0.685. The third-order valence-electron chi connectivity index (χ3n) is 3.04. The van der Waals surface area contributed by atoms with Crippen molar-refractivity contribution in [1.29, 1.82) is 0 Å². The highest BCUT2D eigenvalue weighted by atomic mass is 16.2. The van der Waals surface area contributed by atoms with Crippen molar-refractivity contribution >= 4 is 11.8 Å². The van der Waals surface area contributed by atoms with Crippen LogP contribution in [-0.4, -0.2) is 24.9 Å². The molecule has 0 aromatic heterocycles. The molecule has 0 aliphatic carbocycles. The Morgan fingerprint density at radius 3 is 3.00 bits per heavy atom. The van der Waals surface area contributed by atoms with Crippen LogP contribution in [0.25, 0.3) is 0 Å². The van der Waals surface area contributed by atoms with E-state index in [4.69, 9.17) is 5.73 Å². The third kappa shape index (κ3) is 3.30. The van der Waals surface area contributed by atoms with Crippen molar-refractivity contribution in [3.8, 4) is 0 Å². The van der Waals surface area contributed by atoms with Gasteiger partial charge in [-0.05, 0) is 23.6 Å². The Kier molecular flexibility index (Phi) is 3.94. The molecule has 1 aliphatic rings. The van der Waals surface area contributed by atoms with Gasteiger partial charge >= 0.3 is 0 Å². The Morgan fingerprint density at radius 2 is 2.33 bits per heavy atom. The maximum atomic E-state index is 11.0. The summed E-state index contributed by atoms with van der Waals surface area (Å²) in [5.74, 6) is 0.0665. The van der Waals surface area contributed by atoms with E-state index in [0.717, 1.165) is 18.7 Å². The number of carbonyl (C=O) groups excluding carboxylic acids is 2. The second-order valence-corrected chi connectivity index (χ2v) is 4.57. The number of nitrogens with one attached hydrogen (secondary N) is 2. The summed E-state index contributed by atoms with van der Waals surface area (Å²) in [6.45, 7) is 2.21. The first-order chi connectivity index (χ1) is 8.65. The van der Waals surface area contributed by atoms with Gasteiger partial charge in [0.05, 0.1) is 0 Å². The van der Waals surface area contributed by atoms with E-state index < -0.39 is 5.91 Å². The van der Waals surface area contributed by atoms with E-state index in [1.54, 1.807) is 12.1 Å². The maximum absolute atomic E-state index is 11.0. The average molecular weight is 247 g/mol. The molecule has 1 heterocycles. The highest BCUT2D eigenvalue weighted by Gasteiger charge is 2.20. The molecule has 1 saturated heterocycles. The molecule has 0 radical (unpaired) electrons. The zero-order valence-electron chi connectivity index (χ0n) is 10.1. The fraction of sp³-hybridized carbons (Fsp3) is 0.385. The highest BCUT2D eigenvalue weighted by molar-refractivity contribution is 5.92. The molecule has 1 fully saturated rings. The van der Waals surface area contributed by atoms with Crippen molar-refractivity contribution < 1.29 is 9.59 Å². The number of hydrogen-bond acceptors (Lipinski definition) is 3. The minimum Gasteiger partial charge on any atom is -0.366 e. The molecule has 1 aromatic carbocycles. The van der Waals surface area contributed by atoms with Crippen LogP contribution in [-0.2, 0) is 11.3 Å². The van der Waals surface area contributed by atoms with E-state index in [-0.39, 0.29) is 5.91 Å². The Labute approximate surface area is 106 Å². The monoisotopic (exact) mass is 247 g/mol. The predicted molar refractivity (Wildman–Crippen MR) is 67.8 cm³/mol. The number of benzene rings is 1. The van der Waals surface area contributed by atoms with Gasteiger partial charge in [-0.25, -0.2) is 0 Å². The van der Waals surface area contributed by atoms with Crippen LogP contribution in [0.5, 0.6) is 0 Å². The fourth-order valence-electron chi connectivity index (χ4n) is 2.06. The molecule has 1 aromatic rings. The van der Waals surface area contributed by atoms with Gasteiger partial charge in [0.25, 0.3) is 0 Å². The molecule has 0 bridgehead atoms. The van der Waals surface area contributed by atoms with Crippen molar-refractivity contribution in [2.45, 2.75) is 13.0 Å². The van der Waals surface area contributed by atoms with E-state index in [1.165, 1.54) is 0 Å². The summed E-state index contributed by atoms with van der Waals surface area (Å²) in [5, 5.41) is 6.09. The third-order valence-corrected chi connectivity index (χ3v) is 3.04. The Balaban J connectivity index is 1.81. The second kappa shape index (κ2) is 5.64. The molecule has 1 aliphatic heterocycles. The lowest BCUT2D eigenvalue weighted by Crippen LogP contribution is -2.24. The van der Waals surface area contributed by atoms with Crippen LogP contribution in [0.3, 0.4) is 0 Å². The van der Waals surface area contributed by atoms with Gasteiger partial charge in [0.15, 0.2) is 0 Å². The van der Waals surface area contributed by atoms with Gasteiger partial charge in [-0.3, -0.25) is 9.59 Å². The first-order valence-electron chi connectivity index (χ1n) is 6.01. The van der Waals surface area contributed by atoms with Gasteiger partial charge in [-0.2, -0.15) is 0 Å². The van der Waals surface area contributed by atoms with Gasteiger partial charge in [0.1, 0.15) is 0 Å². The van der Waals surface area contributed by atoms with Crippen LogP contribution >= 0.6 is 0 Å². The normalized spacial score (nSPS) is 18.7. The van der Waals surface area contributed by atoms with Gasteiger partial charge < -0.3 is 16.4 Å². The van der Waals surface area contributed by atoms with Crippen LogP contribution in [0.1, 0.15) is 22.3 Å². The summed E-state index contributed by atoms with van der Waals surface area (Å²) >= 11 is 0. The summed E-state index contributed by atoms with van der Waals surface area (Å²) < 4.78 is 0. The zero-order valence-corrected chi connectivity index (χ0v) is 10.1. The van der Waals surface area contributed by atoms with E-state index in [2.05, 4.69) is 10.6 Å². The molecule has 2 amide bonds. The summed E-state index contributed by atoms with van der Waals surface area (Å²) in [6, 6.07) is 7.24. The Hall–Kier alpha value is -1.88. The topological polar surface area (TPSA) is 84.2 Å². The lowest BCUT2D eigenvalue weighted by atomic mass is 10.1. The molecule has 2 rings (SSSR count). The number of rotatable bonds is 5. The molecule has 5 heteroatoms. The molecular formula is C13H17N3O2. The minimum atomic E-state index is -0.414. The fourth-order valence-corrected chi connectivity index (χ4v) is 2.06. The molecule has 5 nitrogen and oxygen atoms in total. The standard InChI is InChI=1S/C13H17N3O2/c14-13(18)11-3-1-2-9(4-11)6-15-7-10-5-12(17)16-8-10/h1-4,10,15H,5-8H2,(H2,14,18)(H,16,17). The molecule has 0 spiro atoms. The number of carbonyl (C=O) groups is 2. The summed E-state index contributed by atoms with van der Waals surface area (Å²) in [5.41, 5.74) is 6.76. The Morgan fingerprint density at radius 1 is 1.50 bits per heavy atom. The first-order valence-corrected chi connectivity index (χ1v) is 6.01. The van der Waals surface area contributed by atoms with Crippen molar-refractivity contribution in [1.82, 2.24) is 10.6 Å². The SMILES string of the molecule is NC(=O)c1cccc(CNCC2CNC(=O)C2)c1. The van der Waals surface area contributed by atoms with Crippen LogP contribution in [0.15, 0.2) is 24.3 Å². The summed E-state index contributed by atoms with van der Waals surface area (Å²) in [7, 11) is 0. The smallest absolute Gasteiger partial charge is 0.248 e. The van der Waals surface area contributed by atoms with Gasteiger partial charge in [-0.15, -0.1) is 0 Å². The van der Waals surface area contributed by atoms with Gasteiger partial charge in [0, 0.05) is 31.6 Å². The number of amides is 2. The highest BCUT2D eigenvalue weighted by Crippen LogP contribution is 2.08. The summed E-state index contributed by atoms with van der Waals surface area (Å²) in [4.78, 5) is 22.0. The Bertz CT molecular complexity index is 459. The second-order valence-electron chi connectivity index (χ2n) is 4.57. The van der Waals surface area contributed by atoms with E-state index >= 15 is 0 Å². The summed E-state index contributed by atoms with van der Waals surface area (Å²) in [6.07, 6.45) is 0.592. The van der Waals surface area contributed by atoms with Crippen LogP contribution < -0.4 is 16.4 Å². The van der Waals surface area contributed by atoms with Crippen molar-refractivity contribution in [2.24, 2.45) is 11.7 Å². The number of primary amides is 1. The zero-order chi connectivity index (χ0) is 13.0. The van der Waals surface area contributed by atoms with E-state index in [1.807, 2.05) is 12.1 Å². The molecular weight excluding hydrogens is 230 g/mol. The lowest BCUT2D eigenvalue weighted by Gasteiger charge is -2.09. The van der Waals surface area contributed by atoms with Crippen molar-refractivity contribution in [2.75, 3.05) is 13.1 Å². The average Bonchev–Trinajstić information content (AvgIpc) is 2.75. The molecule has 18 heavy (non-hydrogen) atoms. The lowest BCUT2D eigenvalue weighted by molar-refractivity contribution is -0.119. The maximum Gasteiger partial charge on any atom is 0.248 e. The number of nitrogens with two attached hydrogens (primary N) is 1. The number of hydrogen-bond donors (Lipinski definition) is 3.